The Morgan fingerprint density at radius 3 is 2.00 bits per heavy atom. The van der Waals surface area contributed by atoms with Crippen LogP contribution in [-0.4, -0.2) is 11.7 Å². The zero-order valence-electron chi connectivity index (χ0n) is 30.5. The smallest absolute Gasteiger partial charge is 0.156 e. The SMILES string of the molecule is NC(=NC(=NCc1ccccc1C1C=CC(c2ccccc2)=C2Sc3c(-c4ccccc4)cc(-c4ccccc4)cc3C21)c1ccccc1)C1C=CC=CC1. The molecule has 2 N–H and O–H groups in total. The third-order valence-electron chi connectivity index (χ3n) is 10.8. The highest BCUT2D eigenvalue weighted by Gasteiger charge is 2.40. The average molecular weight is 728 g/mol. The first-order valence-electron chi connectivity index (χ1n) is 19.0. The van der Waals surface area contributed by atoms with E-state index >= 15 is 0 Å². The van der Waals surface area contributed by atoms with E-state index in [2.05, 4.69) is 170 Å². The molecule has 3 nitrogen and oxygen atoms in total. The molecule has 0 fully saturated rings. The maximum atomic E-state index is 6.64. The highest BCUT2D eigenvalue weighted by Crippen LogP contribution is 2.62. The Morgan fingerprint density at radius 1 is 0.636 bits per heavy atom. The molecule has 3 atom stereocenters. The Hall–Kier alpha value is -6.23. The molecule has 1 aliphatic heterocycles. The Bertz CT molecular complexity index is 2510. The molecule has 266 valence electrons. The molecule has 0 bridgehead atoms. The summed E-state index contributed by atoms with van der Waals surface area (Å²) in [7, 11) is 0. The van der Waals surface area contributed by atoms with Gasteiger partial charge in [0.15, 0.2) is 5.84 Å². The molecule has 9 rings (SSSR count). The Labute approximate surface area is 328 Å². The van der Waals surface area contributed by atoms with Crippen molar-refractivity contribution in [3.05, 3.63) is 227 Å². The van der Waals surface area contributed by atoms with Crippen molar-refractivity contribution in [2.45, 2.75) is 29.7 Å². The second-order valence-corrected chi connectivity index (χ2v) is 15.2. The number of amidine groups is 2. The fourth-order valence-electron chi connectivity index (χ4n) is 8.00. The highest BCUT2D eigenvalue weighted by atomic mass is 32.2. The number of nitrogens with zero attached hydrogens (tertiary/aromatic N) is 2. The molecule has 0 saturated heterocycles. The number of thioether (sulfide) groups is 1. The van der Waals surface area contributed by atoms with Gasteiger partial charge < -0.3 is 5.73 Å². The van der Waals surface area contributed by atoms with Crippen LogP contribution in [0.5, 0.6) is 0 Å². The molecule has 0 radical (unpaired) electrons. The Kier molecular flexibility index (Phi) is 9.81. The van der Waals surface area contributed by atoms with Gasteiger partial charge in [-0.3, -0.25) is 4.99 Å². The number of aliphatic imine (C=N–C) groups is 2. The zero-order chi connectivity index (χ0) is 37.0. The summed E-state index contributed by atoms with van der Waals surface area (Å²) in [5.41, 5.74) is 18.9. The molecule has 6 aromatic carbocycles. The van der Waals surface area contributed by atoms with Gasteiger partial charge in [0.05, 0.1) is 6.54 Å². The molecule has 2 aliphatic carbocycles. The van der Waals surface area contributed by atoms with Gasteiger partial charge in [0.2, 0.25) is 0 Å². The Morgan fingerprint density at radius 2 is 1.29 bits per heavy atom. The maximum Gasteiger partial charge on any atom is 0.156 e. The van der Waals surface area contributed by atoms with Crippen LogP contribution in [-0.2, 0) is 6.54 Å². The van der Waals surface area contributed by atoms with E-state index in [4.69, 9.17) is 15.7 Å². The number of hydrogen-bond donors (Lipinski definition) is 1. The lowest BCUT2D eigenvalue weighted by atomic mass is 9.74. The number of hydrogen-bond acceptors (Lipinski definition) is 2. The van der Waals surface area contributed by atoms with Crippen LogP contribution in [0.4, 0.5) is 0 Å². The summed E-state index contributed by atoms with van der Waals surface area (Å²) >= 11 is 1.95. The molecule has 0 spiro atoms. The van der Waals surface area contributed by atoms with E-state index in [9.17, 15) is 0 Å². The largest absolute Gasteiger partial charge is 0.387 e. The minimum atomic E-state index is 0.0593. The van der Waals surface area contributed by atoms with Crippen LogP contribution < -0.4 is 5.73 Å². The fourth-order valence-corrected chi connectivity index (χ4v) is 9.51. The van der Waals surface area contributed by atoms with Crippen molar-refractivity contribution in [1.29, 1.82) is 0 Å². The van der Waals surface area contributed by atoms with Crippen molar-refractivity contribution in [3.8, 4) is 22.3 Å². The first-order chi connectivity index (χ1) is 27.2. The van der Waals surface area contributed by atoms with Crippen LogP contribution in [0.1, 0.15) is 46.1 Å². The van der Waals surface area contributed by atoms with Gasteiger partial charge in [0.1, 0.15) is 5.84 Å². The Balaban J connectivity index is 1.18. The molecule has 0 amide bonds. The molecule has 0 saturated carbocycles. The number of benzene rings is 6. The van der Waals surface area contributed by atoms with Gasteiger partial charge in [-0.15, -0.1) is 0 Å². The molecular formula is C51H41N3S. The van der Waals surface area contributed by atoms with E-state index < -0.39 is 0 Å². The predicted molar refractivity (Wildman–Crippen MR) is 232 cm³/mol. The zero-order valence-corrected chi connectivity index (χ0v) is 31.3. The molecule has 0 aromatic heterocycles. The van der Waals surface area contributed by atoms with Gasteiger partial charge in [-0.05, 0) is 68.6 Å². The third kappa shape index (κ3) is 7.09. The molecule has 1 heterocycles. The van der Waals surface area contributed by atoms with Crippen molar-refractivity contribution in [2.75, 3.05) is 0 Å². The van der Waals surface area contributed by atoms with Crippen molar-refractivity contribution in [3.63, 3.8) is 0 Å². The summed E-state index contributed by atoms with van der Waals surface area (Å²) in [5.74, 6) is 1.53. The summed E-state index contributed by atoms with van der Waals surface area (Å²) in [6.45, 7) is 0.485. The van der Waals surface area contributed by atoms with Crippen LogP contribution in [0.3, 0.4) is 0 Å². The van der Waals surface area contributed by atoms with Crippen LogP contribution in [0, 0.1) is 5.92 Å². The summed E-state index contributed by atoms with van der Waals surface area (Å²) in [6.07, 6.45) is 14.0. The van der Waals surface area contributed by atoms with Gasteiger partial charge in [0, 0.05) is 33.1 Å². The van der Waals surface area contributed by atoms with Gasteiger partial charge in [-0.2, -0.15) is 0 Å². The molecule has 6 aromatic rings. The van der Waals surface area contributed by atoms with Crippen LogP contribution in [0.2, 0.25) is 0 Å². The minimum absolute atomic E-state index is 0.0593. The van der Waals surface area contributed by atoms with Crippen molar-refractivity contribution in [2.24, 2.45) is 21.6 Å². The molecule has 55 heavy (non-hydrogen) atoms. The topological polar surface area (TPSA) is 50.7 Å². The molecule has 3 aliphatic rings. The van der Waals surface area contributed by atoms with E-state index in [1.807, 2.05) is 36.0 Å². The lowest BCUT2D eigenvalue weighted by molar-refractivity contribution is 0.713. The van der Waals surface area contributed by atoms with E-state index in [1.54, 1.807) is 0 Å². The fraction of sp³-hybridized carbons (Fsp3) is 0.0980. The van der Waals surface area contributed by atoms with Gasteiger partial charge in [0.25, 0.3) is 0 Å². The monoisotopic (exact) mass is 727 g/mol. The van der Waals surface area contributed by atoms with E-state index in [1.165, 1.54) is 59.9 Å². The summed E-state index contributed by atoms with van der Waals surface area (Å²) < 4.78 is 0. The number of nitrogens with two attached hydrogens (primary N) is 1. The lowest BCUT2D eigenvalue weighted by Gasteiger charge is -2.30. The third-order valence-corrected chi connectivity index (χ3v) is 12.1. The molecule has 4 heteroatoms. The lowest BCUT2D eigenvalue weighted by Crippen LogP contribution is -2.24. The summed E-state index contributed by atoms with van der Waals surface area (Å²) in [6, 6.07) is 56.4. The van der Waals surface area contributed by atoms with Gasteiger partial charge in [-0.1, -0.05) is 194 Å². The quantitative estimate of drug-likeness (QED) is 0.125. The first-order valence-corrected chi connectivity index (χ1v) is 19.8. The highest BCUT2D eigenvalue weighted by molar-refractivity contribution is 8.03. The standard InChI is InChI=1S/C51H41N3S/c52-50(38-24-12-4-13-25-38)54-51(39-26-14-5-15-27-39)53-34-40-28-16-17-29-42(40)44-31-30-43(36-20-8-2-9-21-36)49-47(44)46-33-41(35-18-6-1-7-19-35)32-45(48(46)55-49)37-22-10-3-11-23-37/h1-24,26-33,38,44,47H,25,34H2,(H2,52,53,54). The number of fused-ring (bicyclic) bond motifs is 3. The minimum Gasteiger partial charge on any atom is -0.387 e. The van der Waals surface area contributed by atoms with Crippen LogP contribution in [0.25, 0.3) is 27.8 Å². The number of allylic oxidation sites excluding steroid dienone is 7. The van der Waals surface area contributed by atoms with Gasteiger partial charge >= 0.3 is 0 Å². The summed E-state index contributed by atoms with van der Waals surface area (Å²) in [4.78, 5) is 12.9. The van der Waals surface area contributed by atoms with Crippen molar-refractivity contribution >= 4 is 29.0 Å². The van der Waals surface area contributed by atoms with Crippen molar-refractivity contribution in [1.82, 2.24) is 0 Å². The normalized spacial score (nSPS) is 19.0. The van der Waals surface area contributed by atoms with E-state index in [0.29, 0.717) is 18.2 Å². The van der Waals surface area contributed by atoms with Crippen LogP contribution in [0.15, 0.2) is 214 Å². The predicted octanol–water partition coefficient (Wildman–Crippen LogP) is 12.4. The van der Waals surface area contributed by atoms with Crippen LogP contribution >= 0.6 is 11.8 Å². The summed E-state index contributed by atoms with van der Waals surface area (Å²) in [5, 5.41) is 0. The first kappa shape index (κ1) is 34.5. The van der Waals surface area contributed by atoms with Gasteiger partial charge in [-0.25, -0.2) is 4.99 Å². The second kappa shape index (κ2) is 15.6. The second-order valence-electron chi connectivity index (χ2n) is 14.2. The van der Waals surface area contributed by atoms with Crippen molar-refractivity contribution < 1.29 is 0 Å². The molecular weight excluding hydrogens is 687 g/mol. The maximum absolute atomic E-state index is 6.64. The number of rotatable bonds is 8. The van der Waals surface area contributed by atoms with E-state index in [0.717, 1.165) is 12.0 Å². The van der Waals surface area contributed by atoms with E-state index in [-0.39, 0.29) is 17.8 Å². The molecule has 3 unspecified atom stereocenters. The average Bonchev–Trinajstić information content (AvgIpc) is 3.66.